The maximum Gasteiger partial charge on any atom is 0.242 e. The number of hydrazine groups is 1. The highest BCUT2D eigenvalue weighted by atomic mass is 79.9. The van der Waals surface area contributed by atoms with Gasteiger partial charge in [0.2, 0.25) is 5.91 Å². The number of carbonyl (C=O) groups excluding carboxylic acids is 1. The van der Waals surface area contributed by atoms with E-state index in [1.54, 1.807) is 12.1 Å². The second kappa shape index (κ2) is 7.44. The number of ether oxygens (including phenoxy) is 2. The molecule has 0 aromatic heterocycles. The summed E-state index contributed by atoms with van der Waals surface area (Å²) in [5, 5.41) is 3.28. The lowest BCUT2D eigenvalue weighted by Gasteiger charge is -2.20. The van der Waals surface area contributed by atoms with Crippen molar-refractivity contribution >= 4 is 39.1 Å². The van der Waals surface area contributed by atoms with Crippen LogP contribution in [0.15, 0.2) is 40.9 Å². The van der Waals surface area contributed by atoms with Crippen molar-refractivity contribution in [2.45, 2.75) is 18.5 Å². The van der Waals surface area contributed by atoms with Crippen LogP contribution in [0.5, 0.6) is 11.5 Å². The maximum atomic E-state index is 12.6. The van der Waals surface area contributed by atoms with Crippen LogP contribution in [0.4, 0.5) is 5.69 Å². The van der Waals surface area contributed by atoms with E-state index in [1.165, 1.54) is 0 Å². The molecule has 3 N–H and O–H groups in total. The largest absolute Gasteiger partial charge is 0.486 e. The number of benzene rings is 2. The van der Waals surface area contributed by atoms with Crippen molar-refractivity contribution in [3.8, 4) is 11.5 Å². The average Bonchev–Trinajstić information content (AvgIpc) is 3.13. The Balaban J connectivity index is 1.43. The number of carbonyl (C=O) groups is 1. The molecule has 0 saturated carbocycles. The predicted molar refractivity (Wildman–Crippen MR) is 103 cm³/mol. The van der Waals surface area contributed by atoms with Gasteiger partial charge in [0.1, 0.15) is 19.3 Å². The molecule has 4 rings (SSSR count). The third-order valence-electron chi connectivity index (χ3n) is 4.38. The Labute approximate surface area is 164 Å². The fourth-order valence-electron chi connectivity index (χ4n) is 3.02. The first kappa shape index (κ1) is 17.6. The summed E-state index contributed by atoms with van der Waals surface area (Å²) in [5.41, 5.74) is 7.85. The first-order valence-corrected chi connectivity index (χ1v) is 9.44. The molecule has 1 amide bonds. The van der Waals surface area contributed by atoms with Crippen molar-refractivity contribution in [3.05, 3.63) is 51.5 Å². The molecule has 2 aromatic carbocycles. The summed E-state index contributed by atoms with van der Waals surface area (Å²) < 4.78 is 12.1. The van der Waals surface area contributed by atoms with E-state index in [1.807, 2.05) is 24.3 Å². The zero-order valence-electron chi connectivity index (χ0n) is 13.7. The van der Waals surface area contributed by atoms with E-state index in [-0.39, 0.29) is 18.0 Å². The Hall–Kier alpha value is -1.80. The van der Waals surface area contributed by atoms with Crippen LogP contribution in [0.25, 0.3) is 0 Å². The number of anilines is 1. The Morgan fingerprint density at radius 1 is 1.12 bits per heavy atom. The third-order valence-corrected chi connectivity index (χ3v) is 5.22. The minimum Gasteiger partial charge on any atom is -0.486 e. The van der Waals surface area contributed by atoms with Crippen molar-refractivity contribution in [2.75, 3.05) is 18.5 Å². The van der Waals surface area contributed by atoms with Crippen LogP contribution in [-0.2, 0) is 4.79 Å². The van der Waals surface area contributed by atoms with E-state index in [9.17, 15) is 4.79 Å². The van der Waals surface area contributed by atoms with Crippen LogP contribution in [0, 0.1) is 0 Å². The predicted octanol–water partition coefficient (Wildman–Crippen LogP) is 3.42. The van der Waals surface area contributed by atoms with E-state index < -0.39 is 0 Å². The van der Waals surface area contributed by atoms with Crippen LogP contribution in [-0.4, -0.2) is 25.2 Å². The molecular formula is C18H17BrClN3O3. The fraction of sp³-hybridized carbons (Fsp3) is 0.278. The van der Waals surface area contributed by atoms with Gasteiger partial charge >= 0.3 is 0 Å². The second-order valence-electron chi connectivity index (χ2n) is 6.15. The van der Waals surface area contributed by atoms with Gasteiger partial charge < -0.3 is 14.8 Å². The van der Waals surface area contributed by atoms with Crippen molar-refractivity contribution in [1.82, 2.24) is 10.9 Å². The molecule has 2 unspecified atom stereocenters. The molecule has 1 fully saturated rings. The number of rotatable bonds is 3. The van der Waals surface area contributed by atoms with Gasteiger partial charge in [-0.1, -0.05) is 39.7 Å². The fourth-order valence-corrected chi connectivity index (χ4v) is 3.49. The average molecular weight is 439 g/mol. The van der Waals surface area contributed by atoms with Crippen molar-refractivity contribution in [3.63, 3.8) is 0 Å². The third kappa shape index (κ3) is 3.66. The lowest BCUT2D eigenvalue weighted by molar-refractivity contribution is -0.117. The van der Waals surface area contributed by atoms with Gasteiger partial charge in [-0.05, 0) is 24.1 Å². The molecule has 6 nitrogen and oxygen atoms in total. The monoisotopic (exact) mass is 437 g/mol. The number of fused-ring (bicyclic) bond motifs is 1. The SMILES string of the molecule is O=C(Nc1cc2c(cc1Cl)OCCO2)C1CC(c2ccc(Br)cc2)NN1. The summed E-state index contributed by atoms with van der Waals surface area (Å²) in [5.74, 6) is 1.02. The molecule has 2 atom stereocenters. The topological polar surface area (TPSA) is 71.6 Å². The summed E-state index contributed by atoms with van der Waals surface area (Å²) in [6.07, 6.45) is 0.635. The number of amides is 1. The zero-order chi connectivity index (χ0) is 18.1. The van der Waals surface area contributed by atoms with E-state index in [0.29, 0.717) is 41.8 Å². The van der Waals surface area contributed by atoms with E-state index in [0.717, 1.165) is 10.0 Å². The first-order valence-electron chi connectivity index (χ1n) is 8.26. The highest BCUT2D eigenvalue weighted by molar-refractivity contribution is 9.10. The number of hydrogen-bond acceptors (Lipinski definition) is 5. The number of halogens is 2. The maximum absolute atomic E-state index is 12.6. The smallest absolute Gasteiger partial charge is 0.242 e. The van der Waals surface area contributed by atoms with Crippen LogP contribution >= 0.6 is 27.5 Å². The van der Waals surface area contributed by atoms with Gasteiger partial charge in [-0.2, -0.15) is 0 Å². The summed E-state index contributed by atoms with van der Waals surface area (Å²) in [6.45, 7) is 0.967. The van der Waals surface area contributed by atoms with Crippen LogP contribution in [0.3, 0.4) is 0 Å². The van der Waals surface area contributed by atoms with Crippen LogP contribution < -0.4 is 25.6 Å². The van der Waals surface area contributed by atoms with E-state index >= 15 is 0 Å². The van der Waals surface area contributed by atoms with Gasteiger partial charge in [0.25, 0.3) is 0 Å². The zero-order valence-corrected chi connectivity index (χ0v) is 16.1. The highest BCUT2D eigenvalue weighted by Crippen LogP contribution is 2.38. The molecule has 0 aliphatic carbocycles. The molecule has 1 saturated heterocycles. The van der Waals surface area contributed by atoms with Gasteiger partial charge in [-0.15, -0.1) is 0 Å². The minimum absolute atomic E-state index is 0.0644. The molecule has 2 aromatic rings. The van der Waals surface area contributed by atoms with Crippen molar-refractivity contribution in [1.29, 1.82) is 0 Å². The molecule has 136 valence electrons. The molecule has 2 aliphatic rings. The highest BCUT2D eigenvalue weighted by Gasteiger charge is 2.30. The van der Waals surface area contributed by atoms with Crippen molar-refractivity contribution in [2.24, 2.45) is 0 Å². The Morgan fingerprint density at radius 2 is 1.81 bits per heavy atom. The molecule has 2 aliphatic heterocycles. The van der Waals surface area contributed by atoms with Gasteiger partial charge in [-0.3, -0.25) is 4.79 Å². The molecule has 2 heterocycles. The van der Waals surface area contributed by atoms with Crippen LogP contribution in [0.1, 0.15) is 18.0 Å². The molecule has 0 radical (unpaired) electrons. The lowest BCUT2D eigenvalue weighted by Crippen LogP contribution is -2.39. The Morgan fingerprint density at radius 3 is 2.54 bits per heavy atom. The lowest BCUT2D eigenvalue weighted by atomic mass is 10.0. The normalized spacial score (nSPS) is 21.5. The summed E-state index contributed by atoms with van der Waals surface area (Å²) >= 11 is 9.69. The van der Waals surface area contributed by atoms with Crippen LogP contribution in [0.2, 0.25) is 5.02 Å². The Kier molecular flexibility index (Phi) is 5.04. The van der Waals surface area contributed by atoms with Gasteiger partial charge in [0, 0.05) is 22.6 Å². The standard InChI is InChI=1S/C18H17BrClN3O3/c19-11-3-1-10(2-4-11)13-8-15(23-22-13)18(24)21-14-9-17-16(7-12(14)20)25-5-6-26-17/h1-4,7,9,13,15,22-23H,5-6,8H2,(H,21,24). The van der Waals surface area contributed by atoms with Gasteiger partial charge in [0.05, 0.1) is 10.7 Å². The summed E-state index contributed by atoms with van der Waals surface area (Å²) in [7, 11) is 0. The molecular weight excluding hydrogens is 422 g/mol. The number of hydrogen-bond donors (Lipinski definition) is 3. The summed E-state index contributed by atoms with van der Waals surface area (Å²) in [6, 6.07) is 11.1. The quantitative estimate of drug-likeness (QED) is 0.685. The van der Waals surface area contributed by atoms with Gasteiger partial charge in [0.15, 0.2) is 11.5 Å². The first-order chi connectivity index (χ1) is 12.6. The van der Waals surface area contributed by atoms with E-state index in [4.69, 9.17) is 21.1 Å². The minimum atomic E-state index is -0.368. The Bertz CT molecular complexity index is 831. The molecule has 26 heavy (non-hydrogen) atoms. The molecule has 0 spiro atoms. The molecule has 0 bridgehead atoms. The summed E-state index contributed by atoms with van der Waals surface area (Å²) in [4.78, 5) is 12.6. The van der Waals surface area contributed by atoms with E-state index in [2.05, 4.69) is 32.1 Å². The molecule has 8 heteroatoms. The second-order valence-corrected chi connectivity index (χ2v) is 7.47. The number of nitrogens with one attached hydrogen (secondary N) is 3. The van der Waals surface area contributed by atoms with Crippen molar-refractivity contribution < 1.29 is 14.3 Å². The van der Waals surface area contributed by atoms with Gasteiger partial charge in [-0.25, -0.2) is 10.9 Å².